The van der Waals surface area contributed by atoms with Crippen molar-refractivity contribution in [3.05, 3.63) is 29.3 Å². The van der Waals surface area contributed by atoms with Crippen molar-refractivity contribution >= 4 is 0 Å². The van der Waals surface area contributed by atoms with Gasteiger partial charge >= 0.3 is 0 Å². The van der Waals surface area contributed by atoms with Gasteiger partial charge in [0.05, 0.1) is 5.60 Å². The van der Waals surface area contributed by atoms with Gasteiger partial charge in [0.15, 0.2) is 0 Å². The molecule has 0 aromatic heterocycles. The van der Waals surface area contributed by atoms with Gasteiger partial charge in [-0.25, -0.2) is 0 Å². The zero-order valence-electron chi connectivity index (χ0n) is 12.9. The number of rotatable bonds is 8. The van der Waals surface area contributed by atoms with Crippen molar-refractivity contribution in [1.29, 1.82) is 0 Å². The molecule has 0 radical (unpaired) electrons. The molecular weight excluding hydrogens is 254 g/mol. The first-order valence-electron chi connectivity index (χ1n) is 7.15. The third-order valence-corrected chi connectivity index (χ3v) is 3.42. The summed E-state index contributed by atoms with van der Waals surface area (Å²) in [7, 11) is 0. The summed E-state index contributed by atoms with van der Waals surface area (Å²) >= 11 is 0. The van der Waals surface area contributed by atoms with E-state index in [0.29, 0.717) is 19.5 Å². The number of ether oxygens (including phenoxy) is 1. The average Bonchev–Trinajstić information content (AvgIpc) is 2.39. The van der Waals surface area contributed by atoms with Gasteiger partial charge in [0.2, 0.25) is 0 Å². The average molecular weight is 281 g/mol. The maximum absolute atomic E-state index is 9.87. The van der Waals surface area contributed by atoms with Crippen LogP contribution in [-0.4, -0.2) is 41.6 Å². The number of hydrogen-bond acceptors (Lipinski definition) is 4. The highest BCUT2D eigenvalue weighted by Crippen LogP contribution is 2.19. The van der Waals surface area contributed by atoms with Crippen molar-refractivity contribution in [2.75, 3.05) is 19.7 Å². The van der Waals surface area contributed by atoms with Crippen LogP contribution in [0.25, 0.3) is 0 Å². The van der Waals surface area contributed by atoms with Crippen molar-refractivity contribution in [3.63, 3.8) is 0 Å². The molecule has 0 aliphatic heterocycles. The zero-order valence-corrected chi connectivity index (χ0v) is 12.9. The molecule has 0 bridgehead atoms. The Balaban J connectivity index is 2.33. The lowest BCUT2D eigenvalue weighted by molar-refractivity contribution is 0.0476. The Kier molecular flexibility index (Phi) is 6.46. The maximum Gasteiger partial charge on any atom is 0.122 e. The molecule has 0 fully saturated rings. The summed E-state index contributed by atoms with van der Waals surface area (Å²) in [6, 6.07) is 6.01. The number of nitrogens with one attached hydrogen (secondary N) is 1. The van der Waals surface area contributed by atoms with Crippen molar-refractivity contribution in [2.45, 2.75) is 45.8 Å². The highest BCUT2D eigenvalue weighted by molar-refractivity contribution is 5.35. The van der Waals surface area contributed by atoms with E-state index in [1.54, 1.807) is 6.92 Å². The quantitative estimate of drug-likeness (QED) is 0.680. The van der Waals surface area contributed by atoms with Crippen LogP contribution < -0.4 is 10.1 Å². The van der Waals surface area contributed by atoms with Gasteiger partial charge in [0.25, 0.3) is 0 Å². The second-order valence-electron chi connectivity index (χ2n) is 5.72. The molecule has 0 heterocycles. The normalized spacial score (nSPS) is 15.7. The predicted octanol–water partition coefficient (Wildman–Crippen LogP) is 1.79. The van der Waals surface area contributed by atoms with Gasteiger partial charge in [-0.05, 0) is 44.4 Å². The van der Waals surface area contributed by atoms with Gasteiger partial charge in [-0.15, -0.1) is 0 Å². The molecule has 1 aromatic carbocycles. The second-order valence-corrected chi connectivity index (χ2v) is 5.72. The molecule has 20 heavy (non-hydrogen) atoms. The predicted molar refractivity (Wildman–Crippen MR) is 81.2 cm³/mol. The SMILES string of the molecule is CCC(C)(O)CNCC(O)COc1cc(C)ccc1C. The van der Waals surface area contributed by atoms with Crippen LogP contribution in [-0.2, 0) is 0 Å². The van der Waals surface area contributed by atoms with E-state index in [1.807, 2.05) is 39.0 Å². The van der Waals surface area contributed by atoms with Crippen LogP contribution >= 0.6 is 0 Å². The van der Waals surface area contributed by atoms with E-state index in [4.69, 9.17) is 4.74 Å². The van der Waals surface area contributed by atoms with Gasteiger partial charge in [-0.2, -0.15) is 0 Å². The van der Waals surface area contributed by atoms with Gasteiger partial charge in [0.1, 0.15) is 18.5 Å². The lowest BCUT2D eigenvalue weighted by atomic mass is 10.0. The van der Waals surface area contributed by atoms with E-state index in [9.17, 15) is 10.2 Å². The molecule has 4 nitrogen and oxygen atoms in total. The van der Waals surface area contributed by atoms with Crippen molar-refractivity contribution in [3.8, 4) is 5.75 Å². The molecule has 0 aliphatic carbocycles. The van der Waals surface area contributed by atoms with E-state index in [-0.39, 0.29) is 6.61 Å². The van der Waals surface area contributed by atoms with E-state index in [0.717, 1.165) is 16.9 Å². The lowest BCUT2D eigenvalue weighted by Crippen LogP contribution is -2.41. The Morgan fingerprint density at radius 3 is 2.70 bits per heavy atom. The standard InChI is InChI=1S/C16H27NO3/c1-5-16(4,19)11-17-9-14(18)10-20-15-8-12(2)6-7-13(15)3/h6-8,14,17-19H,5,9-11H2,1-4H3. The summed E-state index contributed by atoms with van der Waals surface area (Å²) in [5, 5.41) is 22.8. The molecule has 0 saturated heterocycles. The maximum atomic E-state index is 9.87. The number of aryl methyl sites for hydroxylation is 2. The molecule has 0 aliphatic rings. The van der Waals surface area contributed by atoms with Gasteiger partial charge in [-0.1, -0.05) is 19.1 Å². The van der Waals surface area contributed by atoms with Gasteiger partial charge < -0.3 is 20.3 Å². The zero-order chi connectivity index (χ0) is 15.2. The van der Waals surface area contributed by atoms with Crippen LogP contribution in [0.1, 0.15) is 31.4 Å². The fourth-order valence-electron chi connectivity index (χ4n) is 1.74. The Morgan fingerprint density at radius 1 is 1.35 bits per heavy atom. The molecule has 1 rings (SSSR count). The minimum atomic E-state index is -0.728. The van der Waals surface area contributed by atoms with Crippen molar-refractivity contribution in [1.82, 2.24) is 5.32 Å². The van der Waals surface area contributed by atoms with Gasteiger partial charge in [-0.3, -0.25) is 0 Å². The van der Waals surface area contributed by atoms with E-state index >= 15 is 0 Å². The van der Waals surface area contributed by atoms with E-state index in [1.165, 1.54) is 0 Å². The number of aliphatic hydroxyl groups is 2. The van der Waals surface area contributed by atoms with Crippen molar-refractivity contribution in [2.24, 2.45) is 0 Å². The van der Waals surface area contributed by atoms with E-state index < -0.39 is 11.7 Å². The highest BCUT2D eigenvalue weighted by Gasteiger charge is 2.17. The van der Waals surface area contributed by atoms with Crippen LogP contribution in [0.3, 0.4) is 0 Å². The number of hydrogen-bond donors (Lipinski definition) is 3. The van der Waals surface area contributed by atoms with Gasteiger partial charge in [0, 0.05) is 13.1 Å². The highest BCUT2D eigenvalue weighted by atomic mass is 16.5. The summed E-state index contributed by atoms with van der Waals surface area (Å²) in [5.41, 5.74) is 1.47. The summed E-state index contributed by atoms with van der Waals surface area (Å²) in [5.74, 6) is 0.810. The molecule has 114 valence electrons. The summed E-state index contributed by atoms with van der Waals surface area (Å²) < 4.78 is 5.64. The summed E-state index contributed by atoms with van der Waals surface area (Å²) in [4.78, 5) is 0. The van der Waals surface area contributed by atoms with E-state index in [2.05, 4.69) is 5.32 Å². The molecule has 0 amide bonds. The third kappa shape index (κ3) is 5.90. The van der Waals surface area contributed by atoms with Crippen LogP contribution in [0.5, 0.6) is 5.75 Å². The second kappa shape index (κ2) is 7.62. The molecule has 2 atom stereocenters. The monoisotopic (exact) mass is 281 g/mol. The third-order valence-electron chi connectivity index (χ3n) is 3.42. The van der Waals surface area contributed by atoms with Crippen molar-refractivity contribution < 1.29 is 14.9 Å². The molecule has 1 aromatic rings. The largest absolute Gasteiger partial charge is 0.491 e. The first kappa shape index (κ1) is 17.0. The number of aliphatic hydroxyl groups excluding tert-OH is 1. The Bertz CT molecular complexity index is 418. The van der Waals surface area contributed by atoms with Crippen LogP contribution in [0.15, 0.2) is 18.2 Å². The first-order chi connectivity index (χ1) is 9.34. The fraction of sp³-hybridized carbons (Fsp3) is 0.625. The molecule has 0 spiro atoms. The minimum Gasteiger partial charge on any atom is -0.491 e. The Hall–Kier alpha value is -1.10. The van der Waals surface area contributed by atoms with Crippen LogP contribution in [0.4, 0.5) is 0 Å². The Morgan fingerprint density at radius 2 is 2.05 bits per heavy atom. The number of benzene rings is 1. The lowest BCUT2D eigenvalue weighted by Gasteiger charge is -2.23. The van der Waals surface area contributed by atoms with Crippen LogP contribution in [0.2, 0.25) is 0 Å². The van der Waals surface area contributed by atoms with Crippen LogP contribution in [0, 0.1) is 13.8 Å². The summed E-state index contributed by atoms with van der Waals surface area (Å²) in [6.07, 6.45) is 0.0808. The Labute approximate surface area is 121 Å². The smallest absolute Gasteiger partial charge is 0.122 e. The first-order valence-corrected chi connectivity index (χ1v) is 7.15. The topological polar surface area (TPSA) is 61.7 Å². The molecule has 0 saturated carbocycles. The molecule has 4 heteroatoms. The summed E-state index contributed by atoms with van der Waals surface area (Å²) in [6.45, 7) is 8.81. The molecular formula is C16H27NO3. The molecule has 3 N–H and O–H groups in total. The molecule has 2 unspecified atom stereocenters. The minimum absolute atomic E-state index is 0.242. The fourth-order valence-corrected chi connectivity index (χ4v) is 1.74.